The molecule has 1 aromatic carbocycles. The van der Waals surface area contributed by atoms with E-state index in [1.54, 1.807) is 16.8 Å². The van der Waals surface area contributed by atoms with Crippen molar-refractivity contribution in [2.45, 2.75) is 37.8 Å². The zero-order valence-corrected chi connectivity index (χ0v) is 14.9. The quantitative estimate of drug-likeness (QED) is 0.922. The maximum absolute atomic E-state index is 12.3. The summed E-state index contributed by atoms with van der Waals surface area (Å²) in [6.45, 7) is 5.96. The number of ether oxygens (including phenoxy) is 1. The highest BCUT2D eigenvalue weighted by Crippen LogP contribution is 2.32. The van der Waals surface area contributed by atoms with Gasteiger partial charge >= 0.3 is 0 Å². The molecule has 2 aromatic rings. The molecule has 0 radical (unpaired) electrons. The Kier molecular flexibility index (Phi) is 4.45. The van der Waals surface area contributed by atoms with E-state index in [0.717, 1.165) is 11.3 Å². The van der Waals surface area contributed by atoms with Crippen molar-refractivity contribution in [3.05, 3.63) is 41.6 Å². The van der Waals surface area contributed by atoms with Crippen molar-refractivity contribution in [2.75, 3.05) is 11.9 Å². The fourth-order valence-electron chi connectivity index (χ4n) is 2.58. The van der Waals surface area contributed by atoms with Gasteiger partial charge in [-0.2, -0.15) is 5.10 Å². The van der Waals surface area contributed by atoms with E-state index < -0.39 is 10.8 Å². The summed E-state index contributed by atoms with van der Waals surface area (Å²) in [7, 11) is -0.940. The second-order valence-corrected chi connectivity index (χ2v) is 8.19. The average molecular weight is 347 g/mol. The third-order valence-electron chi connectivity index (χ3n) is 3.68. The van der Waals surface area contributed by atoms with E-state index in [-0.39, 0.29) is 18.1 Å². The molecule has 0 aliphatic carbocycles. The highest BCUT2D eigenvalue weighted by molar-refractivity contribution is 7.83. The Morgan fingerprint density at radius 3 is 2.67 bits per heavy atom. The van der Waals surface area contributed by atoms with Gasteiger partial charge in [0.15, 0.2) is 6.61 Å². The summed E-state index contributed by atoms with van der Waals surface area (Å²) in [5.74, 6) is 1.89. The van der Waals surface area contributed by atoms with Crippen LogP contribution in [-0.2, 0) is 32.6 Å². The smallest absolute Gasteiger partial charge is 0.263 e. The Morgan fingerprint density at radius 1 is 1.29 bits per heavy atom. The Balaban J connectivity index is 1.76. The second kappa shape index (κ2) is 6.39. The number of amides is 1. The number of hydrogen-bond acceptors (Lipinski definition) is 4. The molecular weight excluding hydrogens is 326 g/mol. The molecule has 1 aromatic heterocycles. The van der Waals surface area contributed by atoms with Gasteiger partial charge in [0.05, 0.1) is 22.7 Å². The first-order valence-corrected chi connectivity index (χ1v) is 9.27. The van der Waals surface area contributed by atoms with Gasteiger partial charge in [-0.05, 0) is 32.9 Å². The highest BCUT2D eigenvalue weighted by Gasteiger charge is 2.31. The lowest BCUT2D eigenvalue weighted by Gasteiger charge is -2.23. The van der Waals surface area contributed by atoms with Crippen LogP contribution in [-0.4, -0.2) is 26.5 Å². The van der Waals surface area contributed by atoms with Crippen LogP contribution in [0, 0.1) is 0 Å². The minimum atomic E-state index is -0.940. The zero-order chi connectivity index (χ0) is 17.3. The van der Waals surface area contributed by atoms with E-state index in [1.165, 1.54) is 0 Å². The molecule has 0 bridgehead atoms. The van der Waals surface area contributed by atoms with Gasteiger partial charge in [0.1, 0.15) is 11.6 Å². The maximum Gasteiger partial charge on any atom is 0.263 e. The number of hydrogen-bond donors (Lipinski definition) is 1. The molecule has 3 rings (SSSR count). The molecule has 7 heteroatoms. The lowest BCUT2D eigenvalue weighted by atomic mass is 10.1. The fourth-order valence-corrected chi connectivity index (χ4v) is 3.84. The number of nitrogens with one attached hydrogen (secondary N) is 1. The normalized spacial score (nSPS) is 16.7. The number of nitrogens with zero attached hydrogens (tertiary/aromatic N) is 2. The van der Waals surface area contributed by atoms with E-state index in [0.29, 0.717) is 23.1 Å². The number of anilines is 1. The third-order valence-corrected chi connectivity index (χ3v) is 4.88. The second-order valence-electron chi connectivity index (χ2n) is 6.73. The third kappa shape index (κ3) is 3.51. The highest BCUT2D eigenvalue weighted by atomic mass is 32.2. The fraction of sp³-hybridized carbons (Fsp3) is 0.412. The summed E-state index contributed by atoms with van der Waals surface area (Å²) >= 11 is 0. The molecule has 0 spiro atoms. The first-order chi connectivity index (χ1) is 11.3. The summed E-state index contributed by atoms with van der Waals surface area (Å²) in [5, 5.41) is 7.44. The number of carbonyl (C=O) groups excluding carboxylic acids is 1. The Labute approximate surface area is 143 Å². The summed E-state index contributed by atoms with van der Waals surface area (Å²) in [6, 6.07) is 9.19. The Morgan fingerprint density at radius 2 is 2.00 bits per heavy atom. The van der Waals surface area contributed by atoms with Crippen molar-refractivity contribution in [3.63, 3.8) is 0 Å². The molecule has 6 nitrogen and oxygen atoms in total. The van der Waals surface area contributed by atoms with Crippen molar-refractivity contribution in [1.29, 1.82) is 0 Å². The van der Waals surface area contributed by atoms with Crippen molar-refractivity contribution in [2.24, 2.45) is 0 Å². The number of rotatable bonds is 4. The molecule has 1 aliphatic heterocycles. The molecule has 24 heavy (non-hydrogen) atoms. The van der Waals surface area contributed by atoms with Gasteiger partial charge < -0.3 is 10.1 Å². The monoisotopic (exact) mass is 347 g/mol. The van der Waals surface area contributed by atoms with Crippen LogP contribution in [0.5, 0.6) is 5.75 Å². The van der Waals surface area contributed by atoms with Crippen LogP contribution in [0.15, 0.2) is 30.3 Å². The lowest BCUT2D eigenvalue weighted by Crippen LogP contribution is -2.29. The van der Waals surface area contributed by atoms with Crippen LogP contribution in [0.2, 0.25) is 0 Å². The van der Waals surface area contributed by atoms with Crippen LogP contribution in [0.3, 0.4) is 0 Å². The van der Waals surface area contributed by atoms with Crippen LogP contribution in [0.1, 0.15) is 32.0 Å². The van der Waals surface area contributed by atoms with Gasteiger partial charge in [0.25, 0.3) is 5.91 Å². The van der Waals surface area contributed by atoms with E-state index in [9.17, 15) is 9.00 Å². The van der Waals surface area contributed by atoms with Gasteiger partial charge in [-0.15, -0.1) is 0 Å². The van der Waals surface area contributed by atoms with E-state index in [1.807, 2.05) is 39.0 Å². The molecular formula is C17H21N3O3S. The Bertz CT molecular complexity index is 778. The van der Waals surface area contributed by atoms with Gasteiger partial charge in [0.2, 0.25) is 0 Å². The minimum absolute atomic E-state index is 0.0861. The molecule has 1 aliphatic rings. The topological polar surface area (TPSA) is 73.2 Å². The van der Waals surface area contributed by atoms with Crippen LogP contribution in [0.4, 0.5) is 5.82 Å². The zero-order valence-electron chi connectivity index (χ0n) is 14.0. The number of benzene rings is 1. The molecule has 0 fully saturated rings. The van der Waals surface area contributed by atoms with Gasteiger partial charge in [0, 0.05) is 16.4 Å². The number of aromatic nitrogens is 2. The minimum Gasteiger partial charge on any atom is -0.484 e. The summed E-state index contributed by atoms with van der Waals surface area (Å²) < 4.78 is 19.1. The van der Waals surface area contributed by atoms with Gasteiger partial charge in [-0.25, -0.2) is 4.68 Å². The van der Waals surface area contributed by atoms with E-state index in [2.05, 4.69) is 10.4 Å². The van der Waals surface area contributed by atoms with E-state index >= 15 is 0 Å². The summed E-state index contributed by atoms with van der Waals surface area (Å²) in [4.78, 5) is 12.3. The average Bonchev–Trinajstić information content (AvgIpc) is 3.03. The lowest BCUT2D eigenvalue weighted by molar-refractivity contribution is -0.118. The SMILES string of the molecule is CC(C)(C)n1nc2c(c1NC(=O)COc1ccccc1)C[S@@](=O)C2. The van der Waals surface area contributed by atoms with E-state index in [4.69, 9.17) is 4.74 Å². The standard InChI is InChI=1S/C17H21N3O3S/c1-17(2,3)20-16(13-10-24(22)11-14(13)19-20)18-15(21)9-23-12-7-5-4-6-8-12/h4-8H,9-11H2,1-3H3,(H,18,21)/t24-/m1/s1. The number of carbonyl (C=O) groups is 1. The summed E-state index contributed by atoms with van der Waals surface area (Å²) in [6.07, 6.45) is 0. The first kappa shape index (κ1) is 16.7. The van der Waals surface area contributed by atoms with Crippen molar-refractivity contribution >= 4 is 22.5 Å². The molecule has 128 valence electrons. The number of fused-ring (bicyclic) bond motifs is 1. The van der Waals surface area contributed by atoms with Crippen molar-refractivity contribution < 1.29 is 13.7 Å². The predicted octanol–water partition coefficient (Wildman–Crippen LogP) is 2.42. The molecule has 0 saturated carbocycles. The van der Waals surface area contributed by atoms with Crippen molar-refractivity contribution in [1.82, 2.24) is 9.78 Å². The van der Waals surface area contributed by atoms with Crippen LogP contribution < -0.4 is 10.1 Å². The molecule has 1 amide bonds. The van der Waals surface area contributed by atoms with Crippen LogP contribution >= 0.6 is 0 Å². The predicted molar refractivity (Wildman–Crippen MR) is 93.3 cm³/mol. The van der Waals surface area contributed by atoms with Gasteiger partial charge in [-0.3, -0.25) is 9.00 Å². The molecule has 1 atom stereocenters. The Hall–Kier alpha value is -2.15. The first-order valence-electron chi connectivity index (χ1n) is 7.78. The molecule has 2 heterocycles. The van der Waals surface area contributed by atoms with Gasteiger partial charge in [-0.1, -0.05) is 18.2 Å². The molecule has 0 saturated heterocycles. The molecule has 0 unspecified atom stereocenters. The largest absolute Gasteiger partial charge is 0.484 e. The molecule has 1 N–H and O–H groups in total. The van der Waals surface area contributed by atoms with Crippen LogP contribution in [0.25, 0.3) is 0 Å². The van der Waals surface area contributed by atoms with Crippen molar-refractivity contribution in [3.8, 4) is 5.75 Å². The number of para-hydroxylation sites is 1. The maximum atomic E-state index is 12.3. The summed E-state index contributed by atoms with van der Waals surface area (Å²) in [5.41, 5.74) is 1.40.